The molecule has 3 rings (SSSR count). The number of hydrogen-bond donors (Lipinski definition) is 1. The first-order valence-corrected chi connectivity index (χ1v) is 9.76. The Morgan fingerprint density at radius 1 is 1.18 bits per heavy atom. The number of nitrogens with one attached hydrogen (secondary N) is 1. The minimum absolute atomic E-state index is 0.0340. The molecule has 1 aromatic heterocycles. The van der Waals surface area contributed by atoms with E-state index < -0.39 is 0 Å². The van der Waals surface area contributed by atoms with Gasteiger partial charge in [-0.2, -0.15) is 0 Å². The number of benzene rings is 1. The summed E-state index contributed by atoms with van der Waals surface area (Å²) in [4.78, 5) is 26.0. The van der Waals surface area contributed by atoms with Crippen LogP contribution < -0.4 is 5.32 Å². The molecular weight excluding hydrogens is 361 g/mol. The molecule has 0 saturated carbocycles. The van der Waals surface area contributed by atoms with Gasteiger partial charge in [0, 0.05) is 38.2 Å². The van der Waals surface area contributed by atoms with Crippen molar-refractivity contribution in [2.24, 2.45) is 5.92 Å². The Hall–Kier alpha value is -2.54. The molecule has 2 heterocycles. The van der Waals surface area contributed by atoms with Gasteiger partial charge in [-0.15, -0.1) is 0 Å². The summed E-state index contributed by atoms with van der Waals surface area (Å²) in [7, 11) is 1.68. The zero-order valence-corrected chi connectivity index (χ0v) is 16.1. The Morgan fingerprint density at radius 2 is 1.89 bits per heavy atom. The van der Waals surface area contributed by atoms with Crippen molar-refractivity contribution in [3.8, 4) is 11.3 Å². The second-order valence-corrected chi connectivity index (χ2v) is 7.24. The fourth-order valence-electron chi connectivity index (χ4n) is 3.38. The topological polar surface area (TPSA) is 75.4 Å². The van der Waals surface area contributed by atoms with Crippen LogP contribution in [0.2, 0.25) is 0 Å². The monoisotopic (exact) mass is 387 g/mol. The lowest BCUT2D eigenvalue weighted by atomic mass is 9.98. The highest BCUT2D eigenvalue weighted by Crippen LogP contribution is 2.22. The Bertz CT molecular complexity index is 797. The van der Waals surface area contributed by atoms with Crippen LogP contribution in [0, 0.1) is 11.7 Å². The van der Waals surface area contributed by atoms with Gasteiger partial charge in [0.25, 0.3) is 0 Å². The van der Waals surface area contributed by atoms with Gasteiger partial charge in [0.2, 0.25) is 5.91 Å². The molecule has 1 aliphatic rings. The van der Waals surface area contributed by atoms with E-state index in [9.17, 15) is 14.0 Å². The summed E-state index contributed by atoms with van der Waals surface area (Å²) in [6.07, 6.45) is 4.39. The molecule has 6 nitrogen and oxygen atoms in total. The molecule has 1 saturated heterocycles. The molecular formula is C21H26FN3O3. The van der Waals surface area contributed by atoms with Crippen molar-refractivity contribution in [3.63, 3.8) is 0 Å². The maximum Gasteiger partial charge on any atom is 0.225 e. The van der Waals surface area contributed by atoms with Crippen LogP contribution in [0.3, 0.4) is 0 Å². The lowest BCUT2D eigenvalue weighted by Gasteiger charge is -2.37. The fourth-order valence-corrected chi connectivity index (χ4v) is 3.38. The molecule has 0 radical (unpaired) electrons. The van der Waals surface area contributed by atoms with E-state index in [-0.39, 0.29) is 23.4 Å². The largest absolute Gasteiger partial charge is 0.359 e. The summed E-state index contributed by atoms with van der Waals surface area (Å²) in [5, 5.41) is 6.53. The van der Waals surface area contributed by atoms with Crippen molar-refractivity contribution in [2.45, 2.75) is 32.1 Å². The molecule has 1 N–H and O–H groups in total. The van der Waals surface area contributed by atoms with E-state index in [2.05, 4.69) is 15.4 Å². The Labute approximate surface area is 164 Å². The van der Waals surface area contributed by atoms with Gasteiger partial charge in [0.15, 0.2) is 11.5 Å². The van der Waals surface area contributed by atoms with Gasteiger partial charge in [0.05, 0.1) is 5.92 Å². The van der Waals surface area contributed by atoms with E-state index in [1.54, 1.807) is 25.2 Å². The van der Waals surface area contributed by atoms with E-state index >= 15 is 0 Å². The first-order chi connectivity index (χ1) is 13.6. The number of nitrogens with zero attached hydrogens (tertiary/aromatic N) is 2. The second kappa shape index (κ2) is 9.59. The zero-order valence-electron chi connectivity index (χ0n) is 16.1. The van der Waals surface area contributed by atoms with Crippen LogP contribution in [0.5, 0.6) is 0 Å². The average Bonchev–Trinajstić information content (AvgIpc) is 3.16. The van der Waals surface area contributed by atoms with Crippen LogP contribution in [-0.4, -0.2) is 48.4 Å². The van der Waals surface area contributed by atoms with Gasteiger partial charge in [-0.25, -0.2) is 4.39 Å². The van der Waals surface area contributed by atoms with Gasteiger partial charge in [0.1, 0.15) is 11.5 Å². The number of likely N-dealkylation sites (tertiary alicyclic amines) is 1. The summed E-state index contributed by atoms with van der Waals surface area (Å²) in [6.45, 7) is 2.70. The average molecular weight is 387 g/mol. The number of carbonyl (C=O) groups excluding carboxylic acids is 2. The summed E-state index contributed by atoms with van der Waals surface area (Å²) in [5.41, 5.74) is 1.01. The van der Waals surface area contributed by atoms with Gasteiger partial charge in [-0.05, 0) is 43.7 Å². The maximum absolute atomic E-state index is 13.0. The number of unbranched alkanes of at least 4 members (excludes halogenated alkanes) is 3. The molecule has 2 aromatic rings. The highest BCUT2D eigenvalue weighted by Gasteiger charge is 2.31. The number of hydrogen-bond acceptors (Lipinski definition) is 5. The third-order valence-electron chi connectivity index (χ3n) is 5.13. The number of carbonyl (C=O) groups is 2. The number of amides is 1. The van der Waals surface area contributed by atoms with Crippen LogP contribution in [0.15, 0.2) is 34.9 Å². The fraction of sp³-hybridized carbons (Fsp3) is 0.476. The summed E-state index contributed by atoms with van der Waals surface area (Å²) < 4.78 is 18.2. The van der Waals surface area contributed by atoms with Crippen LogP contribution in [0.4, 0.5) is 4.39 Å². The number of ketones is 1. The third-order valence-corrected chi connectivity index (χ3v) is 5.13. The van der Waals surface area contributed by atoms with Crippen molar-refractivity contribution >= 4 is 11.7 Å². The number of aromatic nitrogens is 1. The number of Topliss-reactive ketones (excluding diaryl/α,β-unsaturated/α-hetero) is 1. The van der Waals surface area contributed by atoms with Gasteiger partial charge in [-0.3, -0.25) is 9.59 Å². The smallest absolute Gasteiger partial charge is 0.225 e. The van der Waals surface area contributed by atoms with Crippen LogP contribution in [0.25, 0.3) is 11.3 Å². The first kappa shape index (κ1) is 20.2. The summed E-state index contributed by atoms with van der Waals surface area (Å²) in [5.74, 6) is 0.385. The van der Waals surface area contributed by atoms with E-state index in [0.29, 0.717) is 23.4 Å². The van der Waals surface area contributed by atoms with Gasteiger partial charge in [-0.1, -0.05) is 18.0 Å². The third kappa shape index (κ3) is 5.25. The lowest BCUT2D eigenvalue weighted by Crippen LogP contribution is -2.53. The number of halogens is 1. The predicted octanol–water partition coefficient (Wildman–Crippen LogP) is 3.29. The molecule has 0 bridgehead atoms. The molecule has 1 aromatic carbocycles. The molecule has 0 spiro atoms. The standard InChI is InChI=1S/C21H26FN3O3/c1-23-21(27)16-13-25(14-16)11-5-3-2-4-6-19(26)18-12-20(28-24-18)15-7-9-17(22)10-8-15/h7-10,12,16H,2-6,11,13-14H2,1H3,(H,23,27). The molecule has 1 aliphatic heterocycles. The number of rotatable bonds is 10. The highest BCUT2D eigenvalue weighted by molar-refractivity contribution is 5.94. The van der Waals surface area contributed by atoms with Crippen molar-refractivity contribution < 1.29 is 18.5 Å². The van der Waals surface area contributed by atoms with Crippen LogP contribution >= 0.6 is 0 Å². The lowest BCUT2D eigenvalue weighted by molar-refractivity contribution is -0.129. The molecule has 0 aliphatic carbocycles. The van der Waals surface area contributed by atoms with Crippen LogP contribution in [-0.2, 0) is 4.79 Å². The van der Waals surface area contributed by atoms with Gasteiger partial charge < -0.3 is 14.7 Å². The predicted molar refractivity (Wildman–Crippen MR) is 103 cm³/mol. The molecule has 0 atom stereocenters. The Balaban J connectivity index is 1.30. The van der Waals surface area contributed by atoms with E-state index in [0.717, 1.165) is 45.3 Å². The second-order valence-electron chi connectivity index (χ2n) is 7.24. The molecule has 28 heavy (non-hydrogen) atoms. The maximum atomic E-state index is 13.0. The zero-order chi connectivity index (χ0) is 19.9. The Kier molecular flexibility index (Phi) is 6.92. The quantitative estimate of drug-likeness (QED) is 0.500. The molecule has 1 amide bonds. The highest BCUT2D eigenvalue weighted by atomic mass is 19.1. The van der Waals surface area contributed by atoms with E-state index in [4.69, 9.17) is 4.52 Å². The van der Waals surface area contributed by atoms with E-state index in [1.165, 1.54) is 12.1 Å². The van der Waals surface area contributed by atoms with Crippen molar-refractivity contribution in [1.82, 2.24) is 15.4 Å². The SMILES string of the molecule is CNC(=O)C1CN(CCCCCCC(=O)c2cc(-c3ccc(F)cc3)on2)C1. The van der Waals surface area contributed by atoms with Crippen LogP contribution in [0.1, 0.15) is 42.6 Å². The normalized spacial score (nSPS) is 14.6. The minimum Gasteiger partial charge on any atom is -0.359 e. The van der Waals surface area contributed by atoms with E-state index in [1.807, 2.05) is 0 Å². The minimum atomic E-state index is -0.319. The van der Waals surface area contributed by atoms with Crippen molar-refractivity contribution in [3.05, 3.63) is 41.8 Å². The molecule has 7 heteroatoms. The summed E-state index contributed by atoms with van der Waals surface area (Å²) in [6, 6.07) is 7.50. The Morgan fingerprint density at radius 3 is 2.61 bits per heavy atom. The molecule has 150 valence electrons. The summed E-state index contributed by atoms with van der Waals surface area (Å²) >= 11 is 0. The van der Waals surface area contributed by atoms with Crippen molar-refractivity contribution in [2.75, 3.05) is 26.7 Å². The van der Waals surface area contributed by atoms with Crippen molar-refractivity contribution in [1.29, 1.82) is 0 Å². The van der Waals surface area contributed by atoms with Gasteiger partial charge >= 0.3 is 0 Å². The first-order valence-electron chi connectivity index (χ1n) is 9.76. The molecule has 0 unspecified atom stereocenters. The molecule has 1 fully saturated rings.